The Kier molecular flexibility index (Phi) is 6.80. The fourth-order valence-corrected chi connectivity index (χ4v) is 3.13. The summed E-state index contributed by atoms with van der Waals surface area (Å²) in [5.41, 5.74) is -0.656. The first-order valence-electron chi connectivity index (χ1n) is 6.01. The standard InChI is InChI=1S/C11H25O4P/c1-5-7-11(8-6-2,9-10(3)4)15-16(12,13)14/h10H,5-9H2,1-4H3,(H2,12,13,14). The third-order valence-electron chi connectivity index (χ3n) is 2.50. The van der Waals surface area contributed by atoms with Gasteiger partial charge in [0.15, 0.2) is 0 Å². The molecule has 0 rings (SSSR count). The van der Waals surface area contributed by atoms with Crippen molar-refractivity contribution in [2.75, 3.05) is 0 Å². The molecule has 0 saturated carbocycles. The van der Waals surface area contributed by atoms with Gasteiger partial charge in [0, 0.05) is 0 Å². The molecular weight excluding hydrogens is 227 g/mol. The minimum Gasteiger partial charge on any atom is -0.303 e. The van der Waals surface area contributed by atoms with E-state index in [-0.39, 0.29) is 0 Å². The molecule has 0 bridgehead atoms. The van der Waals surface area contributed by atoms with Crippen LogP contribution in [0.3, 0.4) is 0 Å². The lowest BCUT2D eigenvalue weighted by atomic mass is 9.85. The first-order chi connectivity index (χ1) is 7.24. The highest BCUT2D eigenvalue weighted by molar-refractivity contribution is 7.46. The monoisotopic (exact) mass is 252 g/mol. The molecule has 0 aliphatic carbocycles. The molecule has 0 aliphatic rings. The Morgan fingerprint density at radius 2 is 1.62 bits per heavy atom. The molecule has 0 aliphatic heterocycles. The Morgan fingerprint density at radius 1 is 1.19 bits per heavy atom. The fourth-order valence-electron chi connectivity index (χ4n) is 2.37. The van der Waals surface area contributed by atoms with Crippen molar-refractivity contribution in [1.29, 1.82) is 0 Å². The summed E-state index contributed by atoms with van der Waals surface area (Å²) in [7, 11) is -4.40. The molecular formula is C11H25O4P. The van der Waals surface area contributed by atoms with Crippen molar-refractivity contribution in [3.05, 3.63) is 0 Å². The van der Waals surface area contributed by atoms with Gasteiger partial charge in [-0.15, -0.1) is 0 Å². The zero-order valence-corrected chi connectivity index (χ0v) is 11.7. The van der Waals surface area contributed by atoms with Crippen LogP contribution < -0.4 is 0 Å². The van der Waals surface area contributed by atoms with Crippen molar-refractivity contribution in [3.63, 3.8) is 0 Å². The number of phosphoric acid groups is 1. The molecule has 0 fully saturated rings. The van der Waals surface area contributed by atoms with Crippen LogP contribution in [0.15, 0.2) is 0 Å². The highest BCUT2D eigenvalue weighted by atomic mass is 31.2. The second-order valence-corrected chi connectivity index (χ2v) is 6.03. The minimum absolute atomic E-state index is 0.365. The number of hydrogen-bond donors (Lipinski definition) is 2. The molecule has 4 nitrogen and oxygen atoms in total. The zero-order valence-electron chi connectivity index (χ0n) is 10.8. The third-order valence-corrected chi connectivity index (χ3v) is 3.13. The van der Waals surface area contributed by atoms with Crippen molar-refractivity contribution >= 4 is 7.82 Å². The quantitative estimate of drug-likeness (QED) is 0.649. The van der Waals surface area contributed by atoms with Crippen LogP contribution in [0.2, 0.25) is 0 Å². The van der Waals surface area contributed by atoms with Crippen LogP contribution in [0, 0.1) is 5.92 Å². The molecule has 0 saturated heterocycles. The highest BCUT2D eigenvalue weighted by Gasteiger charge is 2.36. The largest absolute Gasteiger partial charge is 0.470 e. The van der Waals surface area contributed by atoms with Gasteiger partial charge < -0.3 is 9.79 Å². The molecule has 5 heteroatoms. The van der Waals surface area contributed by atoms with Gasteiger partial charge in [0.25, 0.3) is 0 Å². The Morgan fingerprint density at radius 3 is 1.88 bits per heavy atom. The smallest absolute Gasteiger partial charge is 0.303 e. The molecule has 16 heavy (non-hydrogen) atoms. The van der Waals surface area contributed by atoms with Crippen LogP contribution >= 0.6 is 7.82 Å². The molecule has 0 aromatic heterocycles. The van der Waals surface area contributed by atoms with Gasteiger partial charge in [-0.1, -0.05) is 40.5 Å². The van der Waals surface area contributed by atoms with Crippen molar-refractivity contribution < 1.29 is 18.9 Å². The van der Waals surface area contributed by atoms with Gasteiger partial charge in [-0.2, -0.15) is 0 Å². The first-order valence-corrected chi connectivity index (χ1v) is 7.54. The van der Waals surface area contributed by atoms with Crippen LogP contribution in [-0.4, -0.2) is 15.4 Å². The molecule has 2 N–H and O–H groups in total. The molecule has 0 aromatic rings. The van der Waals surface area contributed by atoms with Crippen LogP contribution in [0.25, 0.3) is 0 Å². The van der Waals surface area contributed by atoms with E-state index in [9.17, 15) is 4.57 Å². The molecule has 0 amide bonds. The molecule has 0 unspecified atom stereocenters. The lowest BCUT2D eigenvalue weighted by Gasteiger charge is -2.35. The predicted molar refractivity (Wildman–Crippen MR) is 65.1 cm³/mol. The normalized spacial score (nSPS) is 13.4. The van der Waals surface area contributed by atoms with E-state index in [4.69, 9.17) is 14.3 Å². The van der Waals surface area contributed by atoms with Crippen molar-refractivity contribution in [1.82, 2.24) is 0 Å². The lowest BCUT2D eigenvalue weighted by molar-refractivity contribution is 0.000987. The molecule has 0 atom stereocenters. The van der Waals surface area contributed by atoms with E-state index >= 15 is 0 Å². The average molecular weight is 252 g/mol. The van der Waals surface area contributed by atoms with Crippen LogP contribution in [0.1, 0.15) is 59.8 Å². The number of rotatable bonds is 8. The topological polar surface area (TPSA) is 66.8 Å². The van der Waals surface area contributed by atoms with Gasteiger partial charge in [-0.3, -0.25) is 4.52 Å². The molecule has 0 radical (unpaired) electrons. The summed E-state index contributed by atoms with van der Waals surface area (Å²) < 4.78 is 16.1. The molecule has 0 aromatic carbocycles. The first kappa shape index (κ1) is 16.1. The molecule has 0 spiro atoms. The maximum Gasteiger partial charge on any atom is 0.470 e. The SMILES string of the molecule is CCCC(CCC)(CC(C)C)OP(=O)(O)O. The van der Waals surface area contributed by atoms with E-state index in [0.717, 1.165) is 12.8 Å². The van der Waals surface area contributed by atoms with Gasteiger partial charge in [0.2, 0.25) is 0 Å². The molecule has 98 valence electrons. The number of hydrogen-bond acceptors (Lipinski definition) is 2. The van der Waals surface area contributed by atoms with Gasteiger partial charge >= 0.3 is 7.82 Å². The van der Waals surface area contributed by atoms with E-state index in [1.54, 1.807) is 0 Å². The van der Waals surface area contributed by atoms with Crippen molar-refractivity contribution in [2.45, 2.75) is 65.4 Å². The maximum atomic E-state index is 11.1. The van der Waals surface area contributed by atoms with Crippen molar-refractivity contribution in [3.8, 4) is 0 Å². The fraction of sp³-hybridized carbons (Fsp3) is 1.00. The summed E-state index contributed by atoms with van der Waals surface area (Å²) in [5, 5.41) is 0. The van der Waals surface area contributed by atoms with Crippen LogP contribution in [0.4, 0.5) is 0 Å². The summed E-state index contributed by atoms with van der Waals surface area (Å²) in [5.74, 6) is 0.365. The summed E-state index contributed by atoms with van der Waals surface area (Å²) in [4.78, 5) is 18.0. The molecule has 0 heterocycles. The average Bonchev–Trinajstić information content (AvgIpc) is 1.98. The minimum atomic E-state index is -4.40. The Hall–Kier alpha value is 0.110. The second kappa shape index (κ2) is 6.75. The van der Waals surface area contributed by atoms with E-state index < -0.39 is 13.4 Å². The van der Waals surface area contributed by atoms with Crippen LogP contribution in [0.5, 0.6) is 0 Å². The summed E-state index contributed by atoms with van der Waals surface area (Å²) in [6, 6.07) is 0. The second-order valence-electron chi connectivity index (χ2n) is 4.86. The van der Waals surface area contributed by atoms with E-state index in [1.807, 2.05) is 27.7 Å². The van der Waals surface area contributed by atoms with Crippen LogP contribution in [-0.2, 0) is 9.09 Å². The van der Waals surface area contributed by atoms with E-state index in [1.165, 1.54) is 0 Å². The lowest BCUT2D eigenvalue weighted by Crippen LogP contribution is -2.33. The number of phosphoric ester groups is 1. The van der Waals surface area contributed by atoms with Gasteiger partial charge in [-0.25, -0.2) is 4.57 Å². The van der Waals surface area contributed by atoms with Crippen molar-refractivity contribution in [2.24, 2.45) is 5.92 Å². The summed E-state index contributed by atoms with van der Waals surface area (Å²) in [6.45, 7) is 8.10. The predicted octanol–water partition coefficient (Wildman–Crippen LogP) is 3.48. The van der Waals surface area contributed by atoms with Gasteiger partial charge in [0.1, 0.15) is 0 Å². The van der Waals surface area contributed by atoms with Gasteiger partial charge in [-0.05, 0) is 25.2 Å². The zero-order chi connectivity index (χ0) is 12.8. The summed E-state index contributed by atoms with van der Waals surface area (Å²) >= 11 is 0. The summed E-state index contributed by atoms with van der Waals surface area (Å²) in [6.07, 6.45) is 3.83. The highest BCUT2D eigenvalue weighted by Crippen LogP contribution is 2.47. The Labute approximate surface area is 98.6 Å². The van der Waals surface area contributed by atoms with E-state index in [2.05, 4.69) is 0 Å². The third kappa shape index (κ3) is 6.64. The Balaban J connectivity index is 4.84. The Bertz CT molecular complexity index is 228. The van der Waals surface area contributed by atoms with E-state index in [0.29, 0.717) is 25.2 Å². The maximum absolute atomic E-state index is 11.1. The van der Waals surface area contributed by atoms with Gasteiger partial charge in [0.05, 0.1) is 5.60 Å².